The molecule has 0 unspecified atom stereocenters. The maximum atomic E-state index is 12.4. The topological polar surface area (TPSA) is 96.2 Å². The second kappa shape index (κ2) is 9.36. The van der Waals surface area contributed by atoms with E-state index in [2.05, 4.69) is 4.99 Å². The summed E-state index contributed by atoms with van der Waals surface area (Å²) in [4.78, 5) is 40.4. The van der Waals surface area contributed by atoms with Gasteiger partial charge in [0, 0.05) is 0 Å². The molecule has 9 heteroatoms. The highest BCUT2D eigenvalue weighted by atomic mass is 32.1. The zero-order chi connectivity index (χ0) is 21.7. The summed E-state index contributed by atoms with van der Waals surface area (Å²) in [5.41, 5.74) is 2.08. The number of methoxy groups -OCH3 is 2. The number of benzene rings is 2. The molecule has 0 atom stereocenters. The van der Waals surface area contributed by atoms with Crippen molar-refractivity contribution in [1.29, 1.82) is 0 Å². The Morgan fingerprint density at radius 1 is 1.03 bits per heavy atom. The fourth-order valence-corrected chi connectivity index (χ4v) is 3.75. The Bertz CT molecular complexity index is 1160. The van der Waals surface area contributed by atoms with Gasteiger partial charge in [-0.2, -0.15) is 4.99 Å². The lowest BCUT2D eigenvalue weighted by Crippen LogP contribution is -2.23. The van der Waals surface area contributed by atoms with Gasteiger partial charge in [-0.15, -0.1) is 0 Å². The zero-order valence-corrected chi connectivity index (χ0v) is 17.5. The van der Waals surface area contributed by atoms with E-state index in [0.29, 0.717) is 26.3 Å². The van der Waals surface area contributed by atoms with Crippen molar-refractivity contribution in [3.63, 3.8) is 0 Å². The number of esters is 2. The Morgan fingerprint density at radius 2 is 1.77 bits per heavy atom. The Morgan fingerprint density at radius 3 is 2.43 bits per heavy atom. The Hall–Kier alpha value is -3.46. The monoisotopic (exact) mass is 428 g/mol. The SMILES string of the molecule is COC(=O)Cn1c(=NC(=O)COc2ccc(C)cc2)sc2cc(C(=O)OC)ccc21. The number of hydrogen-bond donors (Lipinski definition) is 0. The number of rotatable bonds is 6. The van der Waals surface area contributed by atoms with Gasteiger partial charge >= 0.3 is 11.9 Å². The minimum atomic E-state index is -0.506. The van der Waals surface area contributed by atoms with Gasteiger partial charge in [-0.1, -0.05) is 29.0 Å². The van der Waals surface area contributed by atoms with Crippen LogP contribution in [0.25, 0.3) is 10.2 Å². The average Bonchev–Trinajstić information content (AvgIpc) is 3.08. The van der Waals surface area contributed by atoms with E-state index in [-0.39, 0.29) is 13.2 Å². The van der Waals surface area contributed by atoms with Crippen LogP contribution in [0.1, 0.15) is 15.9 Å². The molecule has 156 valence electrons. The molecule has 3 rings (SSSR count). The number of carbonyl (C=O) groups is 3. The summed E-state index contributed by atoms with van der Waals surface area (Å²) in [6, 6.07) is 12.2. The molecule has 1 heterocycles. The number of fused-ring (bicyclic) bond motifs is 1. The molecule has 0 aliphatic rings. The maximum Gasteiger partial charge on any atom is 0.337 e. The summed E-state index contributed by atoms with van der Waals surface area (Å²) >= 11 is 1.17. The van der Waals surface area contributed by atoms with Crippen molar-refractivity contribution in [3.8, 4) is 5.75 Å². The molecule has 0 aliphatic carbocycles. The van der Waals surface area contributed by atoms with Crippen molar-refractivity contribution >= 4 is 39.4 Å². The molecule has 0 fully saturated rings. The molecular weight excluding hydrogens is 408 g/mol. The molecule has 1 amide bonds. The van der Waals surface area contributed by atoms with Gasteiger partial charge in [-0.25, -0.2) is 4.79 Å². The van der Waals surface area contributed by atoms with Crippen molar-refractivity contribution < 1.29 is 28.6 Å². The van der Waals surface area contributed by atoms with Gasteiger partial charge in [0.1, 0.15) is 12.3 Å². The summed E-state index contributed by atoms with van der Waals surface area (Å²) in [5, 5.41) is 0. The van der Waals surface area contributed by atoms with Crippen molar-refractivity contribution in [3.05, 3.63) is 58.4 Å². The average molecular weight is 428 g/mol. The van der Waals surface area contributed by atoms with Crippen LogP contribution in [0.5, 0.6) is 5.75 Å². The van der Waals surface area contributed by atoms with Gasteiger partial charge < -0.3 is 18.8 Å². The molecule has 8 nitrogen and oxygen atoms in total. The van der Waals surface area contributed by atoms with Gasteiger partial charge in [0.2, 0.25) is 0 Å². The van der Waals surface area contributed by atoms with Crippen LogP contribution in [-0.4, -0.2) is 43.2 Å². The van der Waals surface area contributed by atoms with Crippen LogP contribution in [0.15, 0.2) is 47.5 Å². The van der Waals surface area contributed by atoms with E-state index >= 15 is 0 Å². The fourth-order valence-electron chi connectivity index (χ4n) is 2.67. The predicted molar refractivity (Wildman–Crippen MR) is 110 cm³/mol. The molecular formula is C21H20N2O6S. The fraction of sp³-hybridized carbons (Fsp3) is 0.238. The highest BCUT2D eigenvalue weighted by Gasteiger charge is 2.14. The summed E-state index contributed by atoms with van der Waals surface area (Å²) in [6.45, 7) is 1.58. The van der Waals surface area contributed by atoms with Gasteiger partial charge in [0.05, 0.1) is 30.0 Å². The van der Waals surface area contributed by atoms with E-state index in [1.807, 2.05) is 19.1 Å². The number of aromatic nitrogens is 1. The van der Waals surface area contributed by atoms with E-state index in [9.17, 15) is 14.4 Å². The van der Waals surface area contributed by atoms with E-state index in [0.717, 1.165) is 5.56 Å². The maximum absolute atomic E-state index is 12.4. The van der Waals surface area contributed by atoms with Crippen LogP contribution in [0.4, 0.5) is 0 Å². The minimum absolute atomic E-state index is 0.126. The number of hydrogen-bond acceptors (Lipinski definition) is 7. The lowest BCUT2D eigenvalue weighted by molar-refractivity contribution is -0.141. The third kappa shape index (κ3) is 4.93. The van der Waals surface area contributed by atoms with Crippen molar-refractivity contribution in [1.82, 2.24) is 4.57 Å². The van der Waals surface area contributed by atoms with Gasteiger partial charge in [-0.05, 0) is 37.3 Å². The highest BCUT2D eigenvalue weighted by molar-refractivity contribution is 7.16. The first-order valence-corrected chi connectivity index (χ1v) is 9.78. The zero-order valence-electron chi connectivity index (χ0n) is 16.7. The number of carbonyl (C=O) groups excluding carboxylic acids is 3. The number of nitrogens with zero attached hydrogens (tertiary/aromatic N) is 2. The first-order valence-electron chi connectivity index (χ1n) is 8.97. The van der Waals surface area contributed by atoms with Crippen LogP contribution in [0.3, 0.4) is 0 Å². The summed E-state index contributed by atoms with van der Waals surface area (Å²) in [6.07, 6.45) is 0. The Kier molecular flexibility index (Phi) is 6.63. The Labute approximate surface area is 176 Å². The van der Waals surface area contributed by atoms with E-state index in [1.54, 1.807) is 34.9 Å². The van der Waals surface area contributed by atoms with Gasteiger partial charge in [0.25, 0.3) is 5.91 Å². The summed E-state index contributed by atoms with van der Waals surface area (Å²) < 4.78 is 17.2. The van der Waals surface area contributed by atoms with Gasteiger partial charge in [-0.3, -0.25) is 9.59 Å². The molecule has 0 N–H and O–H groups in total. The van der Waals surface area contributed by atoms with Crippen molar-refractivity contribution in [2.24, 2.45) is 4.99 Å². The second-order valence-electron chi connectivity index (χ2n) is 6.33. The lowest BCUT2D eigenvalue weighted by atomic mass is 10.2. The predicted octanol–water partition coefficient (Wildman–Crippen LogP) is 2.48. The molecule has 30 heavy (non-hydrogen) atoms. The first kappa shape index (κ1) is 21.3. The first-order chi connectivity index (χ1) is 14.4. The molecule has 0 saturated heterocycles. The third-order valence-corrected chi connectivity index (χ3v) is 5.26. The van der Waals surface area contributed by atoms with Crippen LogP contribution in [-0.2, 0) is 25.6 Å². The molecule has 3 aromatic rings. The smallest absolute Gasteiger partial charge is 0.337 e. The van der Waals surface area contributed by atoms with Crippen molar-refractivity contribution in [2.75, 3.05) is 20.8 Å². The lowest BCUT2D eigenvalue weighted by Gasteiger charge is -2.05. The standard InChI is InChI=1S/C21H20N2O6S/c1-13-4-7-15(8-5-13)29-12-18(24)22-21-23(11-19(25)27-2)16-9-6-14(20(26)28-3)10-17(16)30-21/h4-10H,11-12H2,1-3H3. The van der Waals surface area contributed by atoms with Crippen LogP contribution < -0.4 is 9.54 Å². The molecule has 0 spiro atoms. The number of ether oxygens (including phenoxy) is 3. The van der Waals surface area contributed by atoms with Crippen LogP contribution >= 0.6 is 11.3 Å². The number of amides is 1. The molecule has 0 bridgehead atoms. The minimum Gasteiger partial charge on any atom is -0.484 e. The van der Waals surface area contributed by atoms with E-state index in [1.165, 1.54) is 25.6 Å². The molecule has 2 aromatic carbocycles. The Balaban J connectivity index is 1.93. The van der Waals surface area contributed by atoms with E-state index in [4.69, 9.17) is 14.2 Å². The summed E-state index contributed by atoms with van der Waals surface area (Å²) in [5.74, 6) is -0.915. The summed E-state index contributed by atoms with van der Waals surface area (Å²) in [7, 11) is 2.58. The molecule has 1 aromatic heterocycles. The van der Waals surface area contributed by atoms with Crippen molar-refractivity contribution in [2.45, 2.75) is 13.5 Å². The number of thiazole rings is 1. The largest absolute Gasteiger partial charge is 0.484 e. The van der Waals surface area contributed by atoms with E-state index < -0.39 is 17.8 Å². The number of aryl methyl sites for hydroxylation is 1. The third-order valence-electron chi connectivity index (χ3n) is 4.22. The second-order valence-corrected chi connectivity index (χ2v) is 7.34. The molecule has 0 radical (unpaired) electrons. The normalized spacial score (nSPS) is 11.4. The quantitative estimate of drug-likeness (QED) is 0.560. The molecule has 0 aliphatic heterocycles. The van der Waals surface area contributed by atoms with Crippen LogP contribution in [0, 0.1) is 6.92 Å². The van der Waals surface area contributed by atoms with Gasteiger partial charge in [0.15, 0.2) is 11.4 Å². The molecule has 0 saturated carbocycles. The highest BCUT2D eigenvalue weighted by Crippen LogP contribution is 2.20. The van der Waals surface area contributed by atoms with Crippen LogP contribution in [0.2, 0.25) is 0 Å².